The Labute approximate surface area is 95.7 Å². The predicted molar refractivity (Wildman–Crippen MR) is 66.6 cm³/mol. The molecule has 0 saturated carbocycles. The third-order valence-electron chi connectivity index (χ3n) is 2.11. The number of hydrogen-bond donors (Lipinski definition) is 1. The Kier molecular flexibility index (Phi) is 2.61. The topological polar surface area (TPSA) is 26.0 Å². The van der Waals surface area contributed by atoms with E-state index in [1.807, 2.05) is 0 Å². The molecule has 14 heavy (non-hydrogen) atoms. The molecule has 1 aromatic carbocycles. The molecule has 0 atom stereocenters. The quantitative estimate of drug-likeness (QED) is 0.829. The zero-order chi connectivity index (χ0) is 10.1. The summed E-state index contributed by atoms with van der Waals surface area (Å²) < 4.78 is 1.01. The van der Waals surface area contributed by atoms with Crippen molar-refractivity contribution in [3.8, 4) is 11.1 Å². The van der Waals surface area contributed by atoms with E-state index in [0.29, 0.717) is 0 Å². The van der Waals surface area contributed by atoms with Gasteiger partial charge in [-0.15, -0.1) is 11.3 Å². The molecule has 72 valence electrons. The summed E-state index contributed by atoms with van der Waals surface area (Å²) in [4.78, 5) is 0. The molecular weight excluding hydrogens is 258 g/mol. The maximum atomic E-state index is 5.95. The number of nitrogen functional groups attached to an aromatic ring is 1. The molecule has 0 aliphatic heterocycles. The van der Waals surface area contributed by atoms with E-state index in [9.17, 15) is 0 Å². The molecule has 0 fully saturated rings. The van der Waals surface area contributed by atoms with Gasteiger partial charge in [-0.25, -0.2) is 0 Å². The van der Waals surface area contributed by atoms with E-state index < -0.39 is 0 Å². The molecule has 0 radical (unpaired) electrons. The molecule has 0 saturated heterocycles. The number of aryl methyl sites for hydroxylation is 1. The molecule has 0 unspecified atom stereocenters. The van der Waals surface area contributed by atoms with Gasteiger partial charge in [0.05, 0.1) is 9.47 Å². The van der Waals surface area contributed by atoms with Crippen molar-refractivity contribution in [2.24, 2.45) is 0 Å². The molecule has 0 aliphatic rings. The minimum atomic E-state index is 0.834. The van der Waals surface area contributed by atoms with Crippen LogP contribution >= 0.6 is 27.3 Å². The summed E-state index contributed by atoms with van der Waals surface area (Å²) in [6.07, 6.45) is 0. The summed E-state index contributed by atoms with van der Waals surface area (Å²) >= 11 is 5.05. The Bertz CT molecular complexity index is 462. The molecule has 0 spiro atoms. The number of rotatable bonds is 1. The highest BCUT2D eigenvalue weighted by Gasteiger charge is 2.07. The Hall–Kier alpha value is -0.800. The number of hydrogen-bond acceptors (Lipinski definition) is 2. The molecule has 1 nitrogen and oxygen atoms in total. The van der Waals surface area contributed by atoms with Crippen LogP contribution in [-0.2, 0) is 0 Å². The first-order valence-electron chi connectivity index (χ1n) is 4.28. The Morgan fingerprint density at radius 3 is 2.71 bits per heavy atom. The van der Waals surface area contributed by atoms with Crippen LogP contribution in [0.15, 0.2) is 33.4 Å². The lowest BCUT2D eigenvalue weighted by atomic mass is 10.1. The van der Waals surface area contributed by atoms with Gasteiger partial charge >= 0.3 is 0 Å². The Balaban J connectivity index is 2.55. The summed E-state index contributed by atoms with van der Waals surface area (Å²) in [5, 5.41) is 2.08. The van der Waals surface area contributed by atoms with Crippen LogP contribution in [0.5, 0.6) is 0 Å². The molecular formula is C11H10BrNS. The lowest BCUT2D eigenvalue weighted by molar-refractivity contribution is 1.47. The van der Waals surface area contributed by atoms with Gasteiger partial charge in [0.2, 0.25) is 0 Å². The first-order chi connectivity index (χ1) is 6.68. The van der Waals surface area contributed by atoms with Crippen molar-refractivity contribution < 1.29 is 0 Å². The summed E-state index contributed by atoms with van der Waals surface area (Å²) in [5.74, 6) is 0. The van der Waals surface area contributed by atoms with E-state index in [1.54, 1.807) is 11.3 Å². The van der Waals surface area contributed by atoms with Gasteiger partial charge in [-0.1, -0.05) is 29.8 Å². The molecule has 2 N–H and O–H groups in total. The highest BCUT2D eigenvalue weighted by molar-refractivity contribution is 9.11. The molecule has 0 amide bonds. The lowest BCUT2D eigenvalue weighted by Crippen LogP contribution is -1.86. The van der Waals surface area contributed by atoms with E-state index in [1.165, 1.54) is 11.1 Å². The van der Waals surface area contributed by atoms with Crippen LogP contribution in [0.1, 0.15) is 5.56 Å². The first-order valence-corrected chi connectivity index (χ1v) is 5.95. The van der Waals surface area contributed by atoms with Crippen LogP contribution in [0.25, 0.3) is 11.1 Å². The van der Waals surface area contributed by atoms with Crippen LogP contribution in [0, 0.1) is 6.92 Å². The maximum Gasteiger partial charge on any atom is 0.0934 e. The second kappa shape index (κ2) is 3.75. The van der Waals surface area contributed by atoms with Crippen LogP contribution < -0.4 is 5.73 Å². The molecule has 0 bridgehead atoms. The zero-order valence-corrected chi connectivity index (χ0v) is 10.2. The van der Waals surface area contributed by atoms with Gasteiger partial charge in [0.1, 0.15) is 0 Å². The zero-order valence-electron chi connectivity index (χ0n) is 7.75. The summed E-state index contributed by atoms with van der Waals surface area (Å²) in [6.45, 7) is 2.08. The number of thiophene rings is 1. The van der Waals surface area contributed by atoms with Crippen LogP contribution in [0.3, 0.4) is 0 Å². The summed E-state index contributed by atoms with van der Waals surface area (Å²) in [7, 11) is 0. The monoisotopic (exact) mass is 267 g/mol. The van der Waals surface area contributed by atoms with Crippen molar-refractivity contribution >= 4 is 33.0 Å². The van der Waals surface area contributed by atoms with E-state index in [0.717, 1.165) is 15.0 Å². The van der Waals surface area contributed by atoms with Gasteiger partial charge in [0.15, 0.2) is 0 Å². The Morgan fingerprint density at radius 2 is 2.14 bits per heavy atom. The van der Waals surface area contributed by atoms with Gasteiger partial charge in [0, 0.05) is 10.9 Å². The molecule has 0 aliphatic carbocycles. The van der Waals surface area contributed by atoms with Crippen molar-refractivity contribution in [3.63, 3.8) is 0 Å². The normalized spacial score (nSPS) is 10.4. The van der Waals surface area contributed by atoms with E-state index in [4.69, 9.17) is 5.73 Å². The maximum absolute atomic E-state index is 5.95. The van der Waals surface area contributed by atoms with Gasteiger partial charge in [0.25, 0.3) is 0 Å². The summed E-state index contributed by atoms with van der Waals surface area (Å²) in [6, 6.07) is 8.36. The number of halogens is 1. The minimum absolute atomic E-state index is 0.834. The third-order valence-corrected chi connectivity index (χ3v) is 3.88. The highest BCUT2D eigenvalue weighted by atomic mass is 79.9. The molecule has 1 heterocycles. The van der Waals surface area contributed by atoms with Crippen molar-refractivity contribution in [2.45, 2.75) is 6.92 Å². The predicted octanol–water partition coefficient (Wildman–Crippen LogP) is 4.07. The fourth-order valence-corrected chi connectivity index (χ4v) is 2.59. The molecule has 3 heteroatoms. The number of anilines is 1. The lowest BCUT2D eigenvalue weighted by Gasteiger charge is -2.01. The van der Waals surface area contributed by atoms with Crippen molar-refractivity contribution in [3.05, 3.63) is 39.0 Å². The third kappa shape index (κ3) is 1.70. The van der Waals surface area contributed by atoms with Crippen molar-refractivity contribution in [1.29, 1.82) is 0 Å². The van der Waals surface area contributed by atoms with E-state index >= 15 is 0 Å². The standard InChI is InChI=1S/C11H10BrNS/c1-7-3-2-4-8(5-7)9-6-14-11(12)10(9)13/h2-6H,13H2,1H3. The molecule has 2 rings (SSSR count). The number of nitrogens with two attached hydrogens (primary N) is 1. The smallest absolute Gasteiger partial charge is 0.0934 e. The van der Waals surface area contributed by atoms with E-state index in [-0.39, 0.29) is 0 Å². The SMILES string of the molecule is Cc1cccc(-c2csc(Br)c2N)c1. The Morgan fingerprint density at radius 1 is 1.36 bits per heavy atom. The van der Waals surface area contributed by atoms with Crippen molar-refractivity contribution in [1.82, 2.24) is 0 Å². The van der Waals surface area contributed by atoms with E-state index in [2.05, 4.69) is 52.5 Å². The second-order valence-corrected chi connectivity index (χ2v) is 5.40. The second-order valence-electron chi connectivity index (χ2n) is 3.21. The van der Waals surface area contributed by atoms with Gasteiger partial charge < -0.3 is 5.73 Å². The minimum Gasteiger partial charge on any atom is -0.397 e. The largest absolute Gasteiger partial charge is 0.397 e. The van der Waals surface area contributed by atoms with Gasteiger partial charge in [-0.2, -0.15) is 0 Å². The van der Waals surface area contributed by atoms with Crippen LogP contribution in [-0.4, -0.2) is 0 Å². The fourth-order valence-electron chi connectivity index (χ4n) is 1.38. The first kappa shape index (κ1) is 9.74. The van der Waals surface area contributed by atoms with Crippen molar-refractivity contribution in [2.75, 3.05) is 5.73 Å². The van der Waals surface area contributed by atoms with Crippen LogP contribution in [0.4, 0.5) is 5.69 Å². The van der Waals surface area contributed by atoms with Gasteiger partial charge in [-0.05, 0) is 28.4 Å². The van der Waals surface area contributed by atoms with Gasteiger partial charge in [-0.3, -0.25) is 0 Å². The molecule has 1 aromatic heterocycles. The molecule has 2 aromatic rings. The summed E-state index contributed by atoms with van der Waals surface area (Å²) in [5.41, 5.74) is 10.3. The highest BCUT2D eigenvalue weighted by Crippen LogP contribution is 2.37. The fraction of sp³-hybridized carbons (Fsp3) is 0.0909. The average Bonchev–Trinajstić information content (AvgIpc) is 2.48. The van der Waals surface area contributed by atoms with Crippen LogP contribution in [0.2, 0.25) is 0 Å². The average molecular weight is 268 g/mol. The number of benzene rings is 1.